The van der Waals surface area contributed by atoms with Crippen molar-refractivity contribution < 1.29 is 4.79 Å². The summed E-state index contributed by atoms with van der Waals surface area (Å²) in [7, 11) is 0. The van der Waals surface area contributed by atoms with Crippen molar-refractivity contribution in [3.8, 4) is 0 Å². The molecule has 14 heavy (non-hydrogen) atoms. The molecule has 1 amide bonds. The van der Waals surface area contributed by atoms with Crippen LogP contribution in [0.2, 0.25) is 5.02 Å². The van der Waals surface area contributed by atoms with Crippen molar-refractivity contribution in [3.05, 3.63) is 27.7 Å². The van der Waals surface area contributed by atoms with Gasteiger partial charge < -0.3 is 11.1 Å². The summed E-state index contributed by atoms with van der Waals surface area (Å²) in [6, 6.07) is 5.28. The number of carbonyl (C=O) groups excluding carboxylic acids is 1. The zero-order valence-corrected chi connectivity index (χ0v) is 9.73. The molecule has 0 fully saturated rings. The zero-order chi connectivity index (χ0) is 10.6. The van der Waals surface area contributed by atoms with Crippen molar-refractivity contribution in [3.63, 3.8) is 0 Å². The van der Waals surface area contributed by atoms with Gasteiger partial charge in [0.2, 0.25) is 5.91 Å². The molecule has 76 valence electrons. The Hall–Kier alpha value is -0.580. The number of carbonyl (C=O) groups is 1. The van der Waals surface area contributed by atoms with E-state index in [2.05, 4.69) is 21.2 Å². The van der Waals surface area contributed by atoms with Crippen LogP contribution in [0.4, 0.5) is 5.69 Å². The molecule has 0 aliphatic carbocycles. The molecule has 3 N–H and O–H groups in total. The number of amides is 1. The van der Waals surface area contributed by atoms with Crippen molar-refractivity contribution in [1.29, 1.82) is 0 Å². The Balaban J connectivity index is 2.76. The Morgan fingerprint density at radius 1 is 1.57 bits per heavy atom. The first-order valence-corrected chi connectivity index (χ1v) is 5.26. The monoisotopic (exact) mass is 276 g/mol. The van der Waals surface area contributed by atoms with Crippen LogP contribution in [0.15, 0.2) is 22.7 Å². The van der Waals surface area contributed by atoms with Crippen LogP contribution in [0.25, 0.3) is 0 Å². The summed E-state index contributed by atoms with van der Waals surface area (Å²) in [5.41, 5.74) is 5.92. The molecular weight excluding hydrogens is 267 g/mol. The Labute approximate surface area is 95.7 Å². The second kappa shape index (κ2) is 5.34. The number of anilines is 1. The second-order valence-electron chi connectivity index (χ2n) is 2.69. The highest BCUT2D eigenvalue weighted by Crippen LogP contribution is 2.29. The molecule has 0 saturated heterocycles. The van der Waals surface area contributed by atoms with Gasteiger partial charge in [-0.25, -0.2) is 0 Å². The number of nitrogens with two attached hydrogens (primary N) is 1. The summed E-state index contributed by atoms with van der Waals surface area (Å²) in [6.07, 6.45) is 0.305. The molecule has 1 aromatic carbocycles. The molecule has 1 aromatic rings. The van der Waals surface area contributed by atoms with Gasteiger partial charge in [0.15, 0.2) is 0 Å². The topological polar surface area (TPSA) is 55.1 Å². The van der Waals surface area contributed by atoms with Gasteiger partial charge in [0.05, 0.1) is 15.2 Å². The van der Waals surface area contributed by atoms with Crippen LogP contribution in [0.1, 0.15) is 6.42 Å². The molecule has 0 spiro atoms. The fourth-order valence-electron chi connectivity index (χ4n) is 0.944. The summed E-state index contributed by atoms with van der Waals surface area (Å²) < 4.78 is 0.687. The molecule has 0 aliphatic heterocycles. The molecular formula is C9H10BrClN2O. The number of hydrogen-bond donors (Lipinski definition) is 2. The summed E-state index contributed by atoms with van der Waals surface area (Å²) >= 11 is 9.13. The maximum absolute atomic E-state index is 11.2. The molecule has 3 nitrogen and oxygen atoms in total. The highest BCUT2D eigenvalue weighted by Gasteiger charge is 2.06. The SMILES string of the molecule is NCCC(=O)Nc1cccc(Cl)c1Br. The zero-order valence-electron chi connectivity index (χ0n) is 7.39. The maximum Gasteiger partial charge on any atom is 0.225 e. The Morgan fingerprint density at radius 3 is 2.93 bits per heavy atom. The maximum atomic E-state index is 11.2. The van der Waals surface area contributed by atoms with Crippen molar-refractivity contribution in [1.82, 2.24) is 0 Å². The highest BCUT2D eigenvalue weighted by atomic mass is 79.9. The molecule has 0 heterocycles. The smallest absolute Gasteiger partial charge is 0.225 e. The van der Waals surface area contributed by atoms with Gasteiger partial charge in [0.1, 0.15) is 0 Å². The van der Waals surface area contributed by atoms with Crippen LogP contribution >= 0.6 is 27.5 Å². The predicted molar refractivity (Wildman–Crippen MR) is 61.5 cm³/mol. The lowest BCUT2D eigenvalue weighted by Crippen LogP contribution is -2.16. The predicted octanol–water partition coefficient (Wildman–Crippen LogP) is 2.39. The Morgan fingerprint density at radius 2 is 2.29 bits per heavy atom. The third-order valence-electron chi connectivity index (χ3n) is 1.60. The van der Waals surface area contributed by atoms with E-state index in [0.717, 1.165) is 0 Å². The number of rotatable bonds is 3. The van der Waals surface area contributed by atoms with E-state index in [0.29, 0.717) is 28.1 Å². The Bertz CT molecular complexity index is 344. The van der Waals surface area contributed by atoms with Crippen LogP contribution < -0.4 is 11.1 Å². The van der Waals surface area contributed by atoms with Crippen molar-refractivity contribution >= 4 is 39.1 Å². The Kier molecular flexibility index (Phi) is 4.38. The molecule has 1 rings (SSSR count). The van der Waals surface area contributed by atoms with Gasteiger partial charge in [-0.2, -0.15) is 0 Å². The first-order chi connectivity index (χ1) is 6.65. The van der Waals surface area contributed by atoms with Gasteiger partial charge in [-0.3, -0.25) is 4.79 Å². The molecule has 0 atom stereocenters. The second-order valence-corrected chi connectivity index (χ2v) is 3.89. The lowest BCUT2D eigenvalue weighted by molar-refractivity contribution is -0.116. The number of halogens is 2. The van der Waals surface area contributed by atoms with E-state index in [4.69, 9.17) is 17.3 Å². The molecule has 0 unspecified atom stereocenters. The van der Waals surface area contributed by atoms with E-state index < -0.39 is 0 Å². The minimum absolute atomic E-state index is 0.115. The van der Waals surface area contributed by atoms with Gasteiger partial charge in [-0.15, -0.1) is 0 Å². The van der Waals surface area contributed by atoms with E-state index in [-0.39, 0.29) is 5.91 Å². The average Bonchev–Trinajstić information content (AvgIpc) is 2.13. The lowest BCUT2D eigenvalue weighted by atomic mass is 10.3. The van der Waals surface area contributed by atoms with Crippen LogP contribution in [0.5, 0.6) is 0 Å². The normalized spacial score (nSPS) is 9.93. The molecule has 0 aromatic heterocycles. The van der Waals surface area contributed by atoms with Crippen LogP contribution in [-0.2, 0) is 4.79 Å². The lowest BCUT2D eigenvalue weighted by Gasteiger charge is -2.07. The van der Waals surface area contributed by atoms with E-state index in [9.17, 15) is 4.79 Å². The van der Waals surface area contributed by atoms with Gasteiger partial charge in [0, 0.05) is 13.0 Å². The summed E-state index contributed by atoms with van der Waals surface area (Å²) in [5.74, 6) is -0.115. The summed E-state index contributed by atoms with van der Waals surface area (Å²) in [5, 5.41) is 3.27. The highest BCUT2D eigenvalue weighted by molar-refractivity contribution is 9.10. The average molecular weight is 278 g/mol. The number of hydrogen-bond acceptors (Lipinski definition) is 2. The van der Waals surface area contributed by atoms with E-state index in [1.165, 1.54) is 0 Å². The van der Waals surface area contributed by atoms with Gasteiger partial charge in [0.25, 0.3) is 0 Å². The molecule has 0 radical (unpaired) electrons. The van der Waals surface area contributed by atoms with E-state index in [1.807, 2.05) is 0 Å². The minimum Gasteiger partial charge on any atom is -0.330 e. The first kappa shape index (κ1) is 11.5. The van der Waals surface area contributed by atoms with Crippen LogP contribution in [0, 0.1) is 0 Å². The standard InChI is InChI=1S/C9H10BrClN2O/c10-9-6(11)2-1-3-7(9)13-8(14)4-5-12/h1-3H,4-5,12H2,(H,13,14). The van der Waals surface area contributed by atoms with Crippen LogP contribution in [0.3, 0.4) is 0 Å². The van der Waals surface area contributed by atoms with Gasteiger partial charge in [-0.05, 0) is 28.1 Å². The fourth-order valence-corrected chi connectivity index (χ4v) is 1.48. The number of nitrogens with one attached hydrogen (secondary N) is 1. The largest absolute Gasteiger partial charge is 0.330 e. The van der Waals surface area contributed by atoms with E-state index in [1.54, 1.807) is 18.2 Å². The minimum atomic E-state index is -0.115. The molecule has 5 heteroatoms. The molecule has 0 saturated carbocycles. The summed E-state index contributed by atoms with van der Waals surface area (Å²) in [6.45, 7) is 0.337. The van der Waals surface area contributed by atoms with E-state index >= 15 is 0 Å². The van der Waals surface area contributed by atoms with Crippen molar-refractivity contribution in [2.45, 2.75) is 6.42 Å². The third-order valence-corrected chi connectivity index (χ3v) is 2.99. The number of benzene rings is 1. The molecule has 0 aliphatic rings. The first-order valence-electron chi connectivity index (χ1n) is 4.09. The third kappa shape index (κ3) is 2.97. The summed E-state index contributed by atoms with van der Waals surface area (Å²) in [4.78, 5) is 11.2. The van der Waals surface area contributed by atoms with Crippen LogP contribution in [-0.4, -0.2) is 12.5 Å². The van der Waals surface area contributed by atoms with Crippen molar-refractivity contribution in [2.24, 2.45) is 5.73 Å². The molecule has 0 bridgehead atoms. The van der Waals surface area contributed by atoms with Gasteiger partial charge >= 0.3 is 0 Å². The quantitative estimate of drug-likeness (QED) is 0.891. The van der Waals surface area contributed by atoms with Gasteiger partial charge in [-0.1, -0.05) is 17.7 Å². The van der Waals surface area contributed by atoms with Crippen molar-refractivity contribution in [2.75, 3.05) is 11.9 Å². The fraction of sp³-hybridized carbons (Fsp3) is 0.222.